The van der Waals surface area contributed by atoms with Crippen LogP contribution in [0.25, 0.3) is 0 Å². The van der Waals surface area contributed by atoms with Crippen LogP contribution in [0.4, 0.5) is 5.82 Å². The Morgan fingerprint density at radius 2 is 1.93 bits per heavy atom. The molecule has 2 saturated heterocycles. The van der Waals surface area contributed by atoms with E-state index in [1.165, 1.54) is 57.1 Å². The van der Waals surface area contributed by atoms with Crippen molar-refractivity contribution in [1.82, 2.24) is 15.2 Å². The molecule has 0 amide bonds. The van der Waals surface area contributed by atoms with Crippen molar-refractivity contribution in [1.29, 1.82) is 0 Å². The summed E-state index contributed by atoms with van der Waals surface area (Å²) in [5, 5.41) is 3.52. The summed E-state index contributed by atoms with van der Waals surface area (Å²) in [7, 11) is 0. The van der Waals surface area contributed by atoms with Gasteiger partial charge in [-0.15, -0.1) is 24.0 Å². The Hall–Kier alpha value is -1.05. The van der Waals surface area contributed by atoms with Gasteiger partial charge in [-0.05, 0) is 62.1 Å². The average molecular weight is 483 g/mol. The fourth-order valence-electron chi connectivity index (χ4n) is 4.92. The number of halogens is 1. The number of aromatic nitrogens is 1. The molecule has 0 aromatic carbocycles. The van der Waals surface area contributed by atoms with Crippen molar-refractivity contribution < 1.29 is 0 Å². The number of aliphatic imine (C=N–C) groups is 1. The number of nitrogens with one attached hydrogen (secondary N) is 1. The van der Waals surface area contributed by atoms with Crippen LogP contribution in [0.2, 0.25) is 0 Å². The van der Waals surface area contributed by atoms with Crippen molar-refractivity contribution in [2.45, 2.75) is 58.4 Å². The molecule has 3 heterocycles. The molecule has 0 atom stereocenters. The zero-order valence-electron chi connectivity index (χ0n) is 16.6. The van der Waals surface area contributed by atoms with Gasteiger partial charge in [-0.1, -0.05) is 12.8 Å². The van der Waals surface area contributed by atoms with Crippen LogP contribution in [0.1, 0.15) is 57.4 Å². The van der Waals surface area contributed by atoms with Crippen LogP contribution in [0.5, 0.6) is 0 Å². The summed E-state index contributed by atoms with van der Waals surface area (Å²) in [6, 6.07) is 4.33. The summed E-state index contributed by atoms with van der Waals surface area (Å²) in [6.45, 7) is 8.44. The molecule has 1 saturated carbocycles. The Kier molecular flexibility index (Phi) is 7.22. The first-order chi connectivity index (χ1) is 12.8. The Labute approximate surface area is 181 Å². The molecule has 27 heavy (non-hydrogen) atoms. The molecule has 1 N–H and O–H groups in total. The van der Waals surface area contributed by atoms with Crippen molar-refractivity contribution in [3.05, 3.63) is 23.9 Å². The predicted molar refractivity (Wildman–Crippen MR) is 123 cm³/mol. The first kappa shape index (κ1) is 20.7. The van der Waals surface area contributed by atoms with Gasteiger partial charge >= 0.3 is 0 Å². The molecule has 6 heteroatoms. The Bertz CT molecular complexity index is 635. The van der Waals surface area contributed by atoms with Crippen molar-refractivity contribution in [2.24, 2.45) is 10.4 Å². The minimum atomic E-state index is 0. The number of hydrogen-bond donors (Lipinski definition) is 1. The van der Waals surface area contributed by atoms with Crippen LogP contribution >= 0.6 is 24.0 Å². The summed E-state index contributed by atoms with van der Waals surface area (Å²) in [4.78, 5) is 14.4. The first-order valence-corrected chi connectivity index (χ1v) is 10.5. The summed E-state index contributed by atoms with van der Waals surface area (Å²) in [6.07, 6.45) is 11.5. The van der Waals surface area contributed by atoms with Crippen LogP contribution in [0.15, 0.2) is 23.3 Å². The first-order valence-electron chi connectivity index (χ1n) is 10.5. The molecule has 5 nitrogen and oxygen atoms in total. The van der Waals surface area contributed by atoms with E-state index in [2.05, 4.69) is 39.2 Å². The van der Waals surface area contributed by atoms with Crippen LogP contribution in [-0.2, 0) is 6.54 Å². The van der Waals surface area contributed by atoms with E-state index >= 15 is 0 Å². The van der Waals surface area contributed by atoms with Crippen LogP contribution < -0.4 is 10.2 Å². The zero-order chi connectivity index (χ0) is 17.8. The van der Waals surface area contributed by atoms with Gasteiger partial charge in [-0.3, -0.25) is 0 Å². The second-order valence-electron chi connectivity index (χ2n) is 8.27. The topological polar surface area (TPSA) is 43.8 Å². The lowest BCUT2D eigenvalue weighted by Crippen LogP contribution is -2.41. The van der Waals surface area contributed by atoms with Gasteiger partial charge in [-0.25, -0.2) is 9.98 Å². The van der Waals surface area contributed by atoms with E-state index in [0.29, 0.717) is 5.41 Å². The maximum atomic E-state index is 4.97. The number of anilines is 1. The highest BCUT2D eigenvalue weighted by atomic mass is 127. The van der Waals surface area contributed by atoms with Crippen molar-refractivity contribution in [3.63, 3.8) is 0 Å². The zero-order valence-corrected chi connectivity index (χ0v) is 19.0. The quantitative estimate of drug-likeness (QED) is 0.399. The SMILES string of the molecule is CCNC(=NCc1ccnc(N2CCCC2)c1)N1CCC2(CCCC2)C1.I. The standard InChI is InChI=1S/C21H33N5.HI/c1-2-22-20(26-14-10-21(17-26)8-3-4-9-21)24-16-18-7-11-23-19(15-18)25-12-5-6-13-25;/h7,11,15H,2-6,8-10,12-14,16-17H2,1H3,(H,22,24);1H. The largest absolute Gasteiger partial charge is 0.357 e. The van der Waals surface area contributed by atoms with E-state index in [1.807, 2.05) is 6.20 Å². The van der Waals surface area contributed by atoms with Gasteiger partial charge in [0, 0.05) is 38.9 Å². The predicted octanol–water partition coefficient (Wildman–Crippen LogP) is 4.03. The fourth-order valence-corrected chi connectivity index (χ4v) is 4.92. The van der Waals surface area contributed by atoms with Gasteiger partial charge < -0.3 is 15.1 Å². The van der Waals surface area contributed by atoms with Gasteiger partial charge in [0.25, 0.3) is 0 Å². The van der Waals surface area contributed by atoms with E-state index in [-0.39, 0.29) is 24.0 Å². The Morgan fingerprint density at radius 1 is 1.15 bits per heavy atom. The Morgan fingerprint density at radius 3 is 2.67 bits per heavy atom. The molecule has 1 spiro atoms. The van der Waals surface area contributed by atoms with E-state index in [1.54, 1.807) is 0 Å². The molecule has 0 radical (unpaired) electrons. The highest BCUT2D eigenvalue weighted by molar-refractivity contribution is 14.0. The molecule has 0 bridgehead atoms. The van der Waals surface area contributed by atoms with Gasteiger partial charge in [0.1, 0.15) is 5.82 Å². The lowest BCUT2D eigenvalue weighted by molar-refractivity contribution is 0.309. The molecule has 1 aromatic rings. The maximum absolute atomic E-state index is 4.97. The number of rotatable bonds is 4. The number of guanidine groups is 1. The van der Waals surface area contributed by atoms with Crippen LogP contribution in [-0.4, -0.2) is 48.6 Å². The van der Waals surface area contributed by atoms with E-state index in [4.69, 9.17) is 4.99 Å². The summed E-state index contributed by atoms with van der Waals surface area (Å²) in [5.74, 6) is 2.21. The lowest BCUT2D eigenvalue weighted by Gasteiger charge is -2.26. The van der Waals surface area contributed by atoms with Gasteiger partial charge in [0.2, 0.25) is 0 Å². The smallest absolute Gasteiger partial charge is 0.194 e. The number of hydrogen-bond acceptors (Lipinski definition) is 3. The molecule has 3 fully saturated rings. The number of pyridine rings is 1. The minimum Gasteiger partial charge on any atom is -0.357 e. The van der Waals surface area contributed by atoms with Crippen molar-refractivity contribution >= 4 is 35.8 Å². The lowest BCUT2D eigenvalue weighted by atomic mass is 9.86. The summed E-state index contributed by atoms with van der Waals surface area (Å²) >= 11 is 0. The molecule has 2 aliphatic heterocycles. The molecular weight excluding hydrogens is 449 g/mol. The van der Waals surface area contributed by atoms with E-state index in [9.17, 15) is 0 Å². The van der Waals surface area contributed by atoms with Crippen molar-refractivity contribution in [3.8, 4) is 0 Å². The normalized spacial score (nSPS) is 21.7. The van der Waals surface area contributed by atoms with Gasteiger partial charge in [0.15, 0.2) is 5.96 Å². The Balaban J connectivity index is 0.00000210. The highest BCUT2D eigenvalue weighted by Crippen LogP contribution is 2.45. The van der Waals surface area contributed by atoms with Crippen LogP contribution in [0.3, 0.4) is 0 Å². The van der Waals surface area contributed by atoms with Gasteiger partial charge in [0.05, 0.1) is 6.54 Å². The maximum Gasteiger partial charge on any atom is 0.194 e. The third-order valence-electron chi connectivity index (χ3n) is 6.39. The molecule has 4 rings (SSSR count). The molecular formula is C21H34IN5. The number of likely N-dealkylation sites (tertiary alicyclic amines) is 1. The molecule has 150 valence electrons. The molecule has 0 unspecified atom stereocenters. The second-order valence-corrected chi connectivity index (χ2v) is 8.27. The monoisotopic (exact) mass is 483 g/mol. The summed E-state index contributed by atoms with van der Waals surface area (Å²) in [5.41, 5.74) is 1.84. The average Bonchev–Trinajstić information content (AvgIpc) is 3.43. The second kappa shape index (κ2) is 9.43. The fraction of sp³-hybridized carbons (Fsp3) is 0.714. The van der Waals surface area contributed by atoms with E-state index in [0.717, 1.165) is 44.5 Å². The number of nitrogens with zero attached hydrogens (tertiary/aromatic N) is 4. The third kappa shape index (κ3) is 4.87. The highest BCUT2D eigenvalue weighted by Gasteiger charge is 2.41. The minimum absolute atomic E-state index is 0. The third-order valence-corrected chi connectivity index (χ3v) is 6.39. The summed E-state index contributed by atoms with van der Waals surface area (Å²) < 4.78 is 0. The van der Waals surface area contributed by atoms with Gasteiger partial charge in [-0.2, -0.15) is 0 Å². The van der Waals surface area contributed by atoms with E-state index < -0.39 is 0 Å². The molecule has 1 aliphatic carbocycles. The van der Waals surface area contributed by atoms with Crippen LogP contribution in [0, 0.1) is 5.41 Å². The van der Waals surface area contributed by atoms with Crippen molar-refractivity contribution in [2.75, 3.05) is 37.6 Å². The molecule has 3 aliphatic rings. The molecule has 1 aromatic heterocycles.